The highest BCUT2D eigenvalue weighted by molar-refractivity contribution is 7.16. The Hall–Kier alpha value is -2.99. The van der Waals surface area contributed by atoms with Crippen molar-refractivity contribution in [2.75, 3.05) is 5.32 Å². The molecule has 23 heavy (non-hydrogen) atoms. The molecule has 6 heteroatoms. The highest BCUT2D eigenvalue weighted by Gasteiger charge is 2.17. The maximum absolute atomic E-state index is 12.4. The lowest BCUT2D eigenvalue weighted by molar-refractivity contribution is 0.102. The number of hydrogen-bond donors (Lipinski definition) is 1. The first-order chi connectivity index (χ1) is 11.1. The highest BCUT2D eigenvalue weighted by Crippen LogP contribution is 2.23. The third-order valence-electron chi connectivity index (χ3n) is 3.14. The molecule has 2 N–H and O–H groups in total. The predicted octanol–water partition coefficient (Wildman–Crippen LogP) is 3.54. The standard InChI is InChI=1S/C17H12N3O2S/c18-16-12(7-4-10-19-16)15(21)13-8-9-14(23-13)17(22)20-11-5-2-1-3-6-11/h1-10,18H,(H,20,22). The number of carbonyl (C=O) groups excluding carboxylic acids is 2. The SMILES string of the molecule is [NH]c1ncccc1C(=O)c1ccc(C(=O)Nc2ccccc2)s1. The normalized spacial score (nSPS) is 10.3. The molecule has 0 saturated carbocycles. The van der Waals surface area contributed by atoms with Crippen LogP contribution in [0.3, 0.4) is 0 Å². The molecule has 1 aromatic carbocycles. The number of carbonyl (C=O) groups is 2. The van der Waals surface area contributed by atoms with E-state index in [-0.39, 0.29) is 23.1 Å². The second-order valence-corrected chi connectivity index (χ2v) is 5.80. The average Bonchev–Trinajstić information content (AvgIpc) is 3.06. The van der Waals surface area contributed by atoms with Crippen LogP contribution in [0.5, 0.6) is 0 Å². The van der Waals surface area contributed by atoms with Crippen molar-refractivity contribution in [2.45, 2.75) is 0 Å². The van der Waals surface area contributed by atoms with E-state index in [9.17, 15) is 9.59 Å². The summed E-state index contributed by atoms with van der Waals surface area (Å²) in [6.45, 7) is 0. The van der Waals surface area contributed by atoms with Gasteiger partial charge in [-0.15, -0.1) is 11.3 Å². The monoisotopic (exact) mass is 322 g/mol. The number of anilines is 1. The van der Waals surface area contributed by atoms with Gasteiger partial charge in [-0.3, -0.25) is 15.3 Å². The van der Waals surface area contributed by atoms with Crippen LogP contribution in [0, 0.1) is 0 Å². The molecule has 0 aliphatic heterocycles. The largest absolute Gasteiger partial charge is 0.321 e. The zero-order chi connectivity index (χ0) is 16.2. The van der Waals surface area contributed by atoms with Gasteiger partial charge in [-0.25, -0.2) is 4.98 Å². The van der Waals surface area contributed by atoms with Crippen LogP contribution in [0.25, 0.3) is 0 Å². The van der Waals surface area contributed by atoms with E-state index in [1.54, 1.807) is 36.4 Å². The van der Waals surface area contributed by atoms with Crippen LogP contribution in [0.4, 0.5) is 11.5 Å². The quantitative estimate of drug-likeness (QED) is 0.746. The Bertz CT molecular complexity index is 859. The summed E-state index contributed by atoms with van der Waals surface area (Å²) in [6.07, 6.45) is 1.46. The Morgan fingerprint density at radius 3 is 2.43 bits per heavy atom. The van der Waals surface area contributed by atoms with Crippen molar-refractivity contribution >= 4 is 34.5 Å². The summed E-state index contributed by atoms with van der Waals surface area (Å²) in [5, 5.41) is 2.77. The van der Waals surface area contributed by atoms with E-state index in [4.69, 9.17) is 5.73 Å². The molecular weight excluding hydrogens is 310 g/mol. The fraction of sp³-hybridized carbons (Fsp3) is 0. The molecule has 0 fully saturated rings. The zero-order valence-electron chi connectivity index (χ0n) is 11.9. The number of para-hydroxylation sites is 1. The van der Waals surface area contributed by atoms with Crippen LogP contribution in [-0.2, 0) is 0 Å². The van der Waals surface area contributed by atoms with Gasteiger partial charge in [0.05, 0.1) is 15.3 Å². The molecule has 1 radical (unpaired) electrons. The lowest BCUT2D eigenvalue weighted by Crippen LogP contribution is -2.09. The average molecular weight is 322 g/mol. The van der Waals surface area contributed by atoms with Gasteiger partial charge in [-0.2, -0.15) is 0 Å². The third kappa shape index (κ3) is 3.27. The van der Waals surface area contributed by atoms with E-state index in [2.05, 4.69) is 10.3 Å². The van der Waals surface area contributed by atoms with Crippen LogP contribution in [0.1, 0.15) is 24.9 Å². The Kier molecular flexibility index (Phi) is 4.16. The van der Waals surface area contributed by atoms with Crippen molar-refractivity contribution in [3.05, 3.63) is 76.1 Å². The molecule has 0 bridgehead atoms. The molecule has 1 amide bonds. The van der Waals surface area contributed by atoms with Gasteiger partial charge in [0.1, 0.15) is 0 Å². The van der Waals surface area contributed by atoms with Crippen molar-refractivity contribution in [1.29, 1.82) is 0 Å². The number of rotatable bonds is 4. The van der Waals surface area contributed by atoms with Crippen LogP contribution < -0.4 is 11.1 Å². The molecule has 0 aliphatic carbocycles. The summed E-state index contributed by atoms with van der Waals surface area (Å²) in [6, 6.07) is 15.5. The van der Waals surface area contributed by atoms with Gasteiger partial charge < -0.3 is 5.32 Å². The lowest BCUT2D eigenvalue weighted by atomic mass is 10.1. The van der Waals surface area contributed by atoms with Crippen LogP contribution in [0.2, 0.25) is 0 Å². The Balaban J connectivity index is 1.79. The molecule has 3 rings (SSSR count). The fourth-order valence-electron chi connectivity index (χ4n) is 2.02. The maximum atomic E-state index is 12.4. The van der Waals surface area contributed by atoms with E-state index >= 15 is 0 Å². The molecule has 0 unspecified atom stereocenters. The van der Waals surface area contributed by atoms with Gasteiger partial charge in [-0.05, 0) is 36.4 Å². The van der Waals surface area contributed by atoms with Crippen molar-refractivity contribution in [1.82, 2.24) is 10.7 Å². The fourth-order valence-corrected chi connectivity index (χ4v) is 2.87. The van der Waals surface area contributed by atoms with E-state index in [1.165, 1.54) is 6.20 Å². The molecule has 0 saturated heterocycles. The molecular formula is C17H12N3O2S. The summed E-state index contributed by atoms with van der Waals surface area (Å²) < 4.78 is 0. The van der Waals surface area contributed by atoms with Gasteiger partial charge in [0.15, 0.2) is 5.82 Å². The van der Waals surface area contributed by atoms with Gasteiger partial charge >= 0.3 is 0 Å². The van der Waals surface area contributed by atoms with E-state index in [1.807, 2.05) is 18.2 Å². The lowest BCUT2D eigenvalue weighted by Gasteiger charge is -2.02. The number of ketones is 1. The van der Waals surface area contributed by atoms with Crippen molar-refractivity contribution in [2.24, 2.45) is 0 Å². The van der Waals surface area contributed by atoms with Gasteiger partial charge in [-0.1, -0.05) is 18.2 Å². The Morgan fingerprint density at radius 1 is 0.957 bits per heavy atom. The molecule has 0 atom stereocenters. The number of nitrogens with one attached hydrogen (secondary N) is 2. The number of hydrogen-bond acceptors (Lipinski definition) is 4. The number of benzene rings is 1. The number of aromatic nitrogens is 1. The number of thiophene rings is 1. The topological polar surface area (TPSA) is 82.9 Å². The first-order valence-electron chi connectivity index (χ1n) is 6.83. The van der Waals surface area contributed by atoms with Gasteiger partial charge in [0.2, 0.25) is 5.78 Å². The predicted molar refractivity (Wildman–Crippen MR) is 89.1 cm³/mol. The minimum absolute atomic E-state index is 0.0683. The number of nitrogens with zero attached hydrogens (tertiary/aromatic N) is 1. The number of amides is 1. The van der Waals surface area contributed by atoms with Crippen LogP contribution >= 0.6 is 11.3 Å². The van der Waals surface area contributed by atoms with Gasteiger partial charge in [0, 0.05) is 11.9 Å². The van der Waals surface area contributed by atoms with Crippen LogP contribution in [0.15, 0.2) is 60.8 Å². The first kappa shape index (κ1) is 14.9. The summed E-state index contributed by atoms with van der Waals surface area (Å²) in [5.74, 6) is -0.634. The summed E-state index contributed by atoms with van der Waals surface area (Å²) in [7, 11) is 0. The second-order valence-electron chi connectivity index (χ2n) is 4.71. The zero-order valence-corrected chi connectivity index (χ0v) is 12.8. The highest BCUT2D eigenvalue weighted by atomic mass is 32.1. The number of pyridine rings is 1. The molecule has 2 heterocycles. The summed E-state index contributed by atoms with van der Waals surface area (Å²) >= 11 is 1.10. The Labute approximate surface area is 136 Å². The van der Waals surface area contributed by atoms with E-state index in [0.717, 1.165) is 11.3 Å². The maximum Gasteiger partial charge on any atom is 0.265 e. The Morgan fingerprint density at radius 2 is 1.70 bits per heavy atom. The molecule has 5 nitrogen and oxygen atoms in total. The van der Waals surface area contributed by atoms with Crippen LogP contribution in [-0.4, -0.2) is 16.7 Å². The van der Waals surface area contributed by atoms with E-state index < -0.39 is 0 Å². The second kappa shape index (κ2) is 6.41. The minimum Gasteiger partial charge on any atom is -0.321 e. The third-order valence-corrected chi connectivity index (χ3v) is 4.22. The first-order valence-corrected chi connectivity index (χ1v) is 7.64. The summed E-state index contributed by atoms with van der Waals surface area (Å²) in [5.41, 5.74) is 8.60. The molecule has 113 valence electrons. The minimum atomic E-state index is -0.299. The van der Waals surface area contributed by atoms with Crippen molar-refractivity contribution in [3.8, 4) is 0 Å². The smallest absolute Gasteiger partial charge is 0.265 e. The molecule has 3 aromatic rings. The molecule has 0 spiro atoms. The molecule has 0 aliphatic rings. The summed E-state index contributed by atoms with van der Waals surface area (Å²) in [4.78, 5) is 29.2. The molecule has 2 aromatic heterocycles. The van der Waals surface area contributed by atoms with Gasteiger partial charge in [0.25, 0.3) is 5.91 Å². The van der Waals surface area contributed by atoms with Crippen molar-refractivity contribution < 1.29 is 9.59 Å². The van der Waals surface area contributed by atoms with Crippen molar-refractivity contribution in [3.63, 3.8) is 0 Å². The van der Waals surface area contributed by atoms with E-state index in [0.29, 0.717) is 15.4 Å².